The Morgan fingerprint density at radius 2 is 1.15 bits per heavy atom. The molecule has 3 fully saturated rings. The summed E-state index contributed by atoms with van der Waals surface area (Å²) < 4.78 is 15.3. The molecule has 2 aromatic rings. The Bertz CT molecular complexity index is 3100. The molecule has 26 heteroatoms. The van der Waals surface area contributed by atoms with E-state index in [2.05, 4.69) is 43.9 Å². The van der Waals surface area contributed by atoms with Gasteiger partial charge in [0, 0.05) is 78.8 Å². The van der Waals surface area contributed by atoms with Crippen molar-refractivity contribution in [3.8, 4) is 0 Å². The fourth-order valence-corrected chi connectivity index (χ4v) is 13.3. The van der Waals surface area contributed by atoms with Crippen LogP contribution in [0.15, 0.2) is 48.5 Å². The lowest BCUT2D eigenvalue weighted by atomic mass is 9.84. The molecule has 2 aliphatic heterocycles. The van der Waals surface area contributed by atoms with Crippen LogP contribution in [0.1, 0.15) is 150 Å². The number of nitrogens with zero attached hydrogens (tertiary/aromatic N) is 8. The molecule has 1 saturated carbocycles. The molecule has 0 aromatic heterocycles. The van der Waals surface area contributed by atoms with Gasteiger partial charge in [0.05, 0.1) is 26.1 Å². The Kier molecular flexibility index (Phi) is 30.7. The third-order valence-electron chi connectivity index (χ3n) is 19.5. The maximum absolute atomic E-state index is 15.2. The topological polar surface area (TPSA) is 279 Å². The molecule has 97 heavy (non-hydrogen) atoms. The van der Waals surface area contributed by atoms with E-state index >= 15 is 14.4 Å². The lowest BCUT2D eigenvalue weighted by molar-refractivity contribution is -0.152. The highest BCUT2D eigenvalue weighted by molar-refractivity contribution is 14.1. The van der Waals surface area contributed by atoms with Gasteiger partial charge in [-0.1, -0.05) is 104 Å². The van der Waals surface area contributed by atoms with Crippen molar-refractivity contribution in [2.75, 3.05) is 82.1 Å². The lowest BCUT2D eigenvalue weighted by Crippen LogP contribution is -2.64. The first-order valence-electron chi connectivity index (χ1n) is 34.3. The number of benzene rings is 2. The summed E-state index contributed by atoms with van der Waals surface area (Å²) in [5.41, 5.74) is -0.732. The van der Waals surface area contributed by atoms with Crippen LogP contribution in [0.5, 0.6) is 0 Å². The Balaban J connectivity index is 1.63. The fourth-order valence-electron chi connectivity index (χ4n) is 12.7. The molecule has 1 aliphatic carbocycles. The molecule has 24 nitrogen and oxygen atoms in total. The van der Waals surface area contributed by atoms with Crippen LogP contribution in [0.3, 0.4) is 0 Å². The number of rotatable bonds is 13. The number of likely N-dealkylation sites (tertiary alicyclic amines) is 1. The number of halogens is 2. The number of amides is 12. The highest BCUT2D eigenvalue weighted by Gasteiger charge is 2.44. The molecule has 0 spiro atoms. The van der Waals surface area contributed by atoms with Gasteiger partial charge in [0.15, 0.2) is 0 Å². The van der Waals surface area contributed by atoms with Crippen molar-refractivity contribution in [3.05, 3.63) is 69.0 Å². The van der Waals surface area contributed by atoms with Crippen LogP contribution in [0, 0.1) is 33.1 Å². The lowest BCUT2D eigenvalue weighted by Gasteiger charge is -2.39. The summed E-state index contributed by atoms with van der Waals surface area (Å²) in [6, 6.07) is 3.43. The predicted octanol–water partition coefficient (Wildman–Crippen LogP) is 4.77. The van der Waals surface area contributed by atoms with Gasteiger partial charge < -0.3 is 60.5 Å². The van der Waals surface area contributed by atoms with Gasteiger partial charge in [-0.15, -0.1) is 0 Å². The highest BCUT2D eigenvalue weighted by Crippen LogP contribution is 2.30. The fraction of sp³-hybridized carbons (Fsp3) is 0.662. The molecule has 8 atom stereocenters. The Labute approximate surface area is 587 Å². The number of nitrogens with one attached hydrogen (secondary N) is 4. The van der Waals surface area contributed by atoms with Gasteiger partial charge in [-0.25, -0.2) is 4.39 Å². The van der Waals surface area contributed by atoms with Gasteiger partial charge in [-0.2, -0.15) is 0 Å². The SMILES string of the molecule is CC[C@H](C)[C@@H]1NC(=O)[C@H](CC(C)C)N(C)C(=O)CC(C(=O)N2CCCCC2)N(C)C(=O)[C@H](CC(C)C)NC(=O)C(C)(C)N(C)C(=O)[C@H](Cc2ccc(F)cc2)NC(=O)[C@H](Cc2cccc(I)c2)NC(=O)CN(C)C(=O)[C@H](CC2CCCCC2)N(C)C(=O)CN(C)C(=O)CN(C)C1=O. The molecule has 5 rings (SSSR count). The quantitative estimate of drug-likeness (QED) is 0.198. The van der Waals surface area contributed by atoms with Crippen molar-refractivity contribution >= 4 is 93.5 Å². The average Bonchev–Trinajstić information content (AvgIpc) is 0.820. The molecule has 0 bridgehead atoms. The molecule has 1 unspecified atom stereocenters. The summed E-state index contributed by atoms with van der Waals surface area (Å²) >= 11 is 2.12. The molecular formula is C71H108FIN12O12. The van der Waals surface area contributed by atoms with E-state index in [4.69, 9.17) is 0 Å². The van der Waals surface area contributed by atoms with E-state index < -0.39 is 157 Å². The van der Waals surface area contributed by atoms with Crippen LogP contribution >= 0.6 is 22.6 Å². The van der Waals surface area contributed by atoms with E-state index in [0.717, 1.165) is 61.7 Å². The van der Waals surface area contributed by atoms with Crippen molar-refractivity contribution in [3.63, 3.8) is 0 Å². The number of hydrogen-bond acceptors (Lipinski definition) is 12. The van der Waals surface area contributed by atoms with E-state index in [1.165, 1.54) is 102 Å². The van der Waals surface area contributed by atoms with Gasteiger partial charge in [-0.05, 0) is 134 Å². The van der Waals surface area contributed by atoms with E-state index in [1.807, 2.05) is 46.8 Å². The second-order valence-corrected chi connectivity index (χ2v) is 29.7. The first-order valence-corrected chi connectivity index (χ1v) is 35.4. The van der Waals surface area contributed by atoms with E-state index in [9.17, 15) is 47.5 Å². The molecule has 538 valence electrons. The van der Waals surface area contributed by atoms with Crippen LogP contribution in [0.25, 0.3) is 0 Å². The smallest absolute Gasteiger partial charge is 0.246 e. The number of carbonyl (C=O) groups is 12. The minimum absolute atomic E-state index is 0.0480. The van der Waals surface area contributed by atoms with Crippen molar-refractivity contribution in [1.29, 1.82) is 0 Å². The molecule has 0 radical (unpaired) electrons. The maximum atomic E-state index is 15.2. The van der Waals surface area contributed by atoms with Crippen molar-refractivity contribution in [2.45, 2.75) is 200 Å². The van der Waals surface area contributed by atoms with Gasteiger partial charge >= 0.3 is 0 Å². The monoisotopic (exact) mass is 1470 g/mol. The largest absolute Gasteiger partial charge is 0.342 e. The average molecular weight is 1470 g/mol. The maximum Gasteiger partial charge on any atom is 0.246 e. The summed E-state index contributed by atoms with van der Waals surface area (Å²) in [6.45, 7) is 13.1. The summed E-state index contributed by atoms with van der Waals surface area (Å²) in [4.78, 5) is 187. The van der Waals surface area contributed by atoms with Crippen LogP contribution in [0.2, 0.25) is 0 Å². The number of likely N-dealkylation sites (N-methyl/N-ethyl adjacent to an activating group) is 7. The molecule has 3 aliphatic rings. The zero-order valence-corrected chi connectivity index (χ0v) is 62.0. The van der Waals surface area contributed by atoms with E-state index in [-0.39, 0.29) is 49.9 Å². The Morgan fingerprint density at radius 1 is 0.577 bits per heavy atom. The first-order chi connectivity index (χ1) is 45.6. The molecule has 12 amide bonds. The molecule has 4 N–H and O–H groups in total. The van der Waals surface area contributed by atoms with Crippen LogP contribution in [-0.4, -0.2) is 240 Å². The van der Waals surface area contributed by atoms with Crippen molar-refractivity contribution in [2.24, 2.45) is 23.7 Å². The van der Waals surface area contributed by atoms with Crippen LogP contribution < -0.4 is 21.3 Å². The van der Waals surface area contributed by atoms with Gasteiger partial charge in [0.2, 0.25) is 70.9 Å². The third-order valence-corrected chi connectivity index (χ3v) is 20.2. The number of carbonyl (C=O) groups excluding carboxylic acids is 12. The molecule has 2 saturated heterocycles. The minimum atomic E-state index is -1.79. The van der Waals surface area contributed by atoms with Gasteiger partial charge in [0.25, 0.3) is 0 Å². The van der Waals surface area contributed by atoms with E-state index in [0.29, 0.717) is 43.5 Å². The van der Waals surface area contributed by atoms with Crippen molar-refractivity contribution in [1.82, 2.24) is 60.5 Å². The number of piperidine rings is 1. The van der Waals surface area contributed by atoms with Gasteiger partial charge in [0.1, 0.15) is 53.6 Å². The minimum Gasteiger partial charge on any atom is -0.342 e. The van der Waals surface area contributed by atoms with Crippen molar-refractivity contribution < 1.29 is 61.9 Å². The van der Waals surface area contributed by atoms with E-state index in [1.54, 1.807) is 24.0 Å². The first kappa shape index (κ1) is 80.4. The third kappa shape index (κ3) is 22.9. The summed E-state index contributed by atoms with van der Waals surface area (Å²) in [6.07, 6.45) is 6.67. The molecule has 2 aromatic carbocycles. The Hall–Kier alpha value is -7.26. The Morgan fingerprint density at radius 3 is 1.75 bits per heavy atom. The standard InChI is InChI=1S/C71H108FIN12O12/c1-16-46(6)62-69(96)80(11)42-60(88)78(9)43-61(89)82(13)56(39-47-24-19-17-20-25-47)67(94)79(10)41-58(86)74-52(38-49-26-23-27-51(73)36-49)63(90)75-54(37-48-28-30-50(72)31-29-48)66(93)84(15)71(7,8)70(97)76-53(34-44(2)3)65(92)83(14)57(68(95)85-32-21-18-22-33-85)40-59(87)81(12)55(35-45(4)5)64(91)77-62/h23,26-31,36,44-47,52-57,62H,16-22,24-25,32-35,37-43H2,1-15H3,(H,74,86)(H,75,90)(H,76,97)(H,77,91)/t46-,52-,53-,54-,55-,56-,57?,62-/m0/s1. The van der Waals surface area contributed by atoms with Crippen LogP contribution in [-0.2, 0) is 70.4 Å². The second kappa shape index (κ2) is 37.1. The summed E-state index contributed by atoms with van der Waals surface area (Å²) in [5, 5.41) is 11.4. The zero-order chi connectivity index (χ0) is 72.3. The normalized spacial score (nSPS) is 24.7. The highest BCUT2D eigenvalue weighted by atomic mass is 127. The summed E-state index contributed by atoms with van der Waals surface area (Å²) in [7, 11) is 9.86. The summed E-state index contributed by atoms with van der Waals surface area (Å²) in [5.74, 6) is -9.53. The predicted molar refractivity (Wildman–Crippen MR) is 375 cm³/mol. The molecule has 2 heterocycles. The second-order valence-electron chi connectivity index (χ2n) is 28.4. The zero-order valence-electron chi connectivity index (χ0n) is 59.8. The number of hydrogen-bond donors (Lipinski definition) is 4. The molecular weight excluding hydrogens is 1360 g/mol. The van der Waals surface area contributed by atoms with Gasteiger partial charge in [-0.3, -0.25) is 57.5 Å². The van der Waals surface area contributed by atoms with Crippen LogP contribution in [0.4, 0.5) is 4.39 Å².